The fraction of sp³-hybridized carbons (Fsp3) is 0.250. The Morgan fingerprint density at radius 1 is 1.00 bits per heavy atom. The Hall–Kier alpha value is 0.610. The molecule has 0 saturated carbocycles. The Kier molecular flexibility index (Phi) is 14.0. The molecule has 0 bridgehead atoms. The summed E-state index contributed by atoms with van der Waals surface area (Å²) in [5.74, 6) is -4.44. The number of carbonyl (C=O) groups is 3. The summed E-state index contributed by atoms with van der Waals surface area (Å²) in [6, 6.07) is 0. The van der Waals surface area contributed by atoms with Crippen molar-refractivity contribution in [2.24, 2.45) is 0 Å². The van der Waals surface area contributed by atoms with Crippen LogP contribution in [0.25, 0.3) is 0 Å². The summed E-state index contributed by atoms with van der Waals surface area (Å²) in [6.45, 7) is 0. The molecule has 0 aliphatic rings. The molecule has 0 unspecified atom stereocenters. The fourth-order valence-electron chi connectivity index (χ4n) is 0.213. The van der Waals surface area contributed by atoms with Crippen LogP contribution in [0.5, 0.6) is 0 Å². The minimum Gasteiger partial charge on any atom is -0.481 e. The molecule has 0 aromatic heterocycles. The molecule has 0 aromatic carbocycles. The van der Waals surface area contributed by atoms with Gasteiger partial charge in [0.25, 0.3) is 5.78 Å². The third-order valence-electron chi connectivity index (χ3n) is 0.550. The molecule has 0 saturated heterocycles. The minimum absolute atomic E-state index is 0. The van der Waals surface area contributed by atoms with Gasteiger partial charge in [-0.25, -0.2) is 4.79 Å². The molecule has 11 heavy (non-hydrogen) atoms. The van der Waals surface area contributed by atoms with Crippen LogP contribution < -0.4 is 0 Å². The van der Waals surface area contributed by atoms with Gasteiger partial charge in [-0.3, -0.25) is 9.59 Å². The van der Waals surface area contributed by atoms with Crippen LogP contribution in [0, 0.1) is 0 Å². The first-order chi connectivity index (χ1) is 4.04. The first-order valence-electron chi connectivity index (χ1n) is 2.02. The summed E-state index contributed by atoms with van der Waals surface area (Å²) in [4.78, 5) is 29.2. The van der Waals surface area contributed by atoms with Crippen molar-refractivity contribution >= 4 is 76.8 Å². The summed E-state index contributed by atoms with van der Waals surface area (Å²) in [7, 11) is 0. The molecule has 0 aliphatic heterocycles. The van der Waals surface area contributed by atoms with E-state index in [4.69, 9.17) is 10.2 Å². The Bertz CT molecular complexity index is 166. The van der Waals surface area contributed by atoms with Crippen molar-refractivity contribution in [2.75, 3.05) is 0 Å². The number of aliphatic carboxylic acids is 2. The molecular weight excluding hydrogens is 174 g/mol. The largest absolute Gasteiger partial charge is 0.481 e. The smallest absolute Gasteiger partial charge is 0.372 e. The number of hydrogen-bond acceptors (Lipinski definition) is 3. The second-order valence-corrected chi connectivity index (χ2v) is 1.30. The number of carboxylic acid groups (broad SMARTS) is 2. The van der Waals surface area contributed by atoms with Gasteiger partial charge in [0.05, 0.1) is 0 Å². The number of carboxylic acids is 2. The van der Waals surface area contributed by atoms with Gasteiger partial charge in [0.15, 0.2) is 0 Å². The quantitative estimate of drug-likeness (QED) is 0.307. The molecule has 0 heterocycles. The minimum atomic E-state index is -1.71. The number of rotatable bonds is 3. The van der Waals surface area contributed by atoms with Crippen LogP contribution in [0.2, 0.25) is 0 Å². The topological polar surface area (TPSA) is 91.7 Å². The number of ketones is 1. The van der Waals surface area contributed by atoms with Gasteiger partial charge in [-0.1, -0.05) is 0 Å². The van der Waals surface area contributed by atoms with Crippen molar-refractivity contribution in [3.8, 4) is 0 Å². The molecule has 0 fully saturated rings. The van der Waals surface area contributed by atoms with E-state index in [1.165, 1.54) is 0 Å². The van der Waals surface area contributed by atoms with E-state index in [1.807, 2.05) is 0 Å². The molecule has 52 valence electrons. The second-order valence-electron chi connectivity index (χ2n) is 1.30. The summed E-state index contributed by atoms with van der Waals surface area (Å²) >= 11 is 0. The van der Waals surface area contributed by atoms with E-state index < -0.39 is 24.1 Å². The third-order valence-corrected chi connectivity index (χ3v) is 0.550. The van der Waals surface area contributed by atoms with Crippen LogP contribution >= 0.6 is 0 Å². The molecule has 0 atom stereocenters. The average Bonchev–Trinajstić information content (AvgIpc) is 1.63. The SMILES string of the molecule is O=C(O)CC(=O)C(=O)O.[Na].[Na]. The summed E-state index contributed by atoms with van der Waals surface area (Å²) < 4.78 is 0. The molecule has 0 spiro atoms. The summed E-state index contributed by atoms with van der Waals surface area (Å²) in [6.07, 6.45) is -0.949. The van der Waals surface area contributed by atoms with Crippen molar-refractivity contribution in [3.05, 3.63) is 0 Å². The van der Waals surface area contributed by atoms with E-state index in [0.717, 1.165) is 0 Å². The van der Waals surface area contributed by atoms with Gasteiger partial charge in [0.2, 0.25) is 0 Å². The maximum Gasteiger partial charge on any atom is 0.372 e. The average molecular weight is 178 g/mol. The van der Waals surface area contributed by atoms with Gasteiger partial charge < -0.3 is 10.2 Å². The van der Waals surface area contributed by atoms with Crippen molar-refractivity contribution in [3.63, 3.8) is 0 Å². The van der Waals surface area contributed by atoms with Crippen molar-refractivity contribution in [1.82, 2.24) is 0 Å². The van der Waals surface area contributed by atoms with Crippen molar-refractivity contribution in [1.29, 1.82) is 0 Å². The van der Waals surface area contributed by atoms with Gasteiger partial charge in [-0.15, -0.1) is 0 Å². The Morgan fingerprint density at radius 2 is 1.36 bits per heavy atom. The molecule has 0 aromatic rings. The molecule has 0 aliphatic carbocycles. The first kappa shape index (κ1) is 17.6. The van der Waals surface area contributed by atoms with Crippen molar-refractivity contribution < 1.29 is 24.6 Å². The van der Waals surface area contributed by atoms with Gasteiger partial charge >= 0.3 is 11.9 Å². The van der Waals surface area contributed by atoms with Crippen LogP contribution in [0.3, 0.4) is 0 Å². The molecule has 2 N–H and O–H groups in total. The van der Waals surface area contributed by atoms with E-state index in [9.17, 15) is 14.4 Å². The molecule has 0 amide bonds. The normalized spacial score (nSPS) is 6.91. The standard InChI is InChI=1S/C4H4O5.2Na/c5-2(4(8)9)1-3(6)7;;/h1H2,(H,6,7)(H,8,9);;. The molecule has 5 nitrogen and oxygen atoms in total. The molecular formula is C4H4Na2O5. The van der Waals surface area contributed by atoms with Crippen LogP contribution in [0.1, 0.15) is 6.42 Å². The van der Waals surface area contributed by atoms with E-state index in [2.05, 4.69) is 0 Å². The monoisotopic (exact) mass is 178 g/mol. The van der Waals surface area contributed by atoms with Gasteiger partial charge in [0.1, 0.15) is 6.42 Å². The van der Waals surface area contributed by atoms with E-state index >= 15 is 0 Å². The Balaban J connectivity index is -0.000000320. The number of carbonyl (C=O) groups excluding carboxylic acids is 1. The van der Waals surface area contributed by atoms with E-state index in [0.29, 0.717) is 0 Å². The predicted octanol–water partition coefficient (Wildman–Crippen LogP) is -1.65. The predicted molar refractivity (Wildman–Crippen MR) is 36.4 cm³/mol. The zero-order valence-electron chi connectivity index (χ0n) is 6.33. The Morgan fingerprint density at radius 3 is 1.45 bits per heavy atom. The van der Waals surface area contributed by atoms with Gasteiger partial charge in [-0.05, 0) is 0 Å². The maximum atomic E-state index is 9.97. The zero-order chi connectivity index (χ0) is 7.44. The van der Waals surface area contributed by atoms with Crippen LogP contribution in [-0.2, 0) is 14.4 Å². The van der Waals surface area contributed by atoms with Crippen molar-refractivity contribution in [2.45, 2.75) is 6.42 Å². The van der Waals surface area contributed by atoms with E-state index in [1.54, 1.807) is 0 Å². The maximum absolute atomic E-state index is 9.97. The summed E-state index contributed by atoms with van der Waals surface area (Å²) in [5, 5.41) is 15.7. The van der Waals surface area contributed by atoms with Gasteiger partial charge in [0, 0.05) is 59.1 Å². The molecule has 0 rings (SSSR count). The number of hydrogen-bond donors (Lipinski definition) is 2. The number of Topliss-reactive ketones (excluding diaryl/α,β-unsaturated/α-hetero) is 1. The van der Waals surface area contributed by atoms with Gasteiger partial charge in [-0.2, -0.15) is 0 Å². The Labute approximate surface area is 107 Å². The molecule has 7 heteroatoms. The van der Waals surface area contributed by atoms with E-state index in [-0.39, 0.29) is 59.1 Å². The zero-order valence-corrected chi connectivity index (χ0v) is 10.3. The third kappa shape index (κ3) is 10.6. The van der Waals surface area contributed by atoms with Crippen LogP contribution in [-0.4, -0.2) is 87.0 Å². The van der Waals surface area contributed by atoms with Crippen LogP contribution in [0.4, 0.5) is 0 Å². The second kappa shape index (κ2) is 8.70. The molecule has 2 radical (unpaired) electrons. The van der Waals surface area contributed by atoms with Crippen LogP contribution in [0.15, 0.2) is 0 Å². The first-order valence-corrected chi connectivity index (χ1v) is 2.02. The summed E-state index contributed by atoms with van der Waals surface area (Å²) in [5.41, 5.74) is 0. The fourth-order valence-corrected chi connectivity index (χ4v) is 0.213.